The molecule has 0 spiro atoms. The van der Waals surface area contributed by atoms with Gasteiger partial charge in [0.05, 0.1) is 19.3 Å². The van der Waals surface area contributed by atoms with Gasteiger partial charge < -0.3 is 15.2 Å². The van der Waals surface area contributed by atoms with Crippen LogP contribution in [0.1, 0.15) is 22.4 Å². The second-order valence-corrected chi connectivity index (χ2v) is 6.23. The number of hydrogen-bond donors (Lipinski definition) is 2. The molecule has 0 saturated carbocycles. The van der Waals surface area contributed by atoms with Gasteiger partial charge >= 0.3 is 0 Å². The number of fused-ring (bicyclic) bond motifs is 1. The molecule has 0 saturated heterocycles. The molecule has 2 N–H and O–H groups in total. The zero-order valence-electron chi connectivity index (χ0n) is 11.6. The second-order valence-electron chi connectivity index (χ2n) is 5.20. The summed E-state index contributed by atoms with van der Waals surface area (Å²) in [6.07, 6.45) is 1.93. The molecular formula is C16H19NO2S. The minimum absolute atomic E-state index is 0.110. The number of rotatable bonds is 5. The fourth-order valence-corrected chi connectivity index (χ4v) is 3.55. The Hall–Kier alpha value is -1.36. The van der Waals surface area contributed by atoms with Crippen LogP contribution in [0.5, 0.6) is 5.75 Å². The fraction of sp³-hybridized carbons (Fsp3) is 0.375. The summed E-state index contributed by atoms with van der Waals surface area (Å²) >= 11 is 1.74. The van der Waals surface area contributed by atoms with Gasteiger partial charge in [-0.25, -0.2) is 0 Å². The Kier molecular flexibility index (Phi) is 3.78. The van der Waals surface area contributed by atoms with Crippen LogP contribution >= 0.6 is 11.3 Å². The molecule has 1 heterocycles. The third-order valence-corrected chi connectivity index (χ3v) is 4.98. The summed E-state index contributed by atoms with van der Waals surface area (Å²) in [7, 11) is 1.68. The maximum absolute atomic E-state index is 9.96. The maximum atomic E-state index is 9.96. The number of aryl methyl sites for hydroxylation is 1. The number of thiophene rings is 1. The predicted molar refractivity (Wildman–Crippen MR) is 81.2 cm³/mol. The van der Waals surface area contributed by atoms with Gasteiger partial charge in [0.15, 0.2) is 0 Å². The molecule has 0 fully saturated rings. The molecule has 0 aliphatic heterocycles. The summed E-state index contributed by atoms with van der Waals surface area (Å²) in [5.74, 6) is 0.849. The fourth-order valence-electron chi connectivity index (χ4n) is 2.90. The Labute approximate surface area is 123 Å². The van der Waals surface area contributed by atoms with E-state index < -0.39 is 0 Å². The van der Waals surface area contributed by atoms with Crippen LogP contribution in [0.4, 0.5) is 0 Å². The Morgan fingerprint density at radius 3 is 3.00 bits per heavy atom. The van der Waals surface area contributed by atoms with E-state index in [1.54, 1.807) is 18.4 Å². The Balaban J connectivity index is 1.87. The van der Waals surface area contributed by atoms with Gasteiger partial charge in [-0.1, -0.05) is 12.1 Å². The summed E-state index contributed by atoms with van der Waals surface area (Å²) in [6, 6.07) is 10.3. The van der Waals surface area contributed by atoms with Gasteiger partial charge in [-0.3, -0.25) is 0 Å². The van der Waals surface area contributed by atoms with Gasteiger partial charge in [-0.05, 0) is 47.5 Å². The lowest BCUT2D eigenvalue weighted by molar-refractivity contribution is 0.159. The molecule has 2 aromatic rings. The van der Waals surface area contributed by atoms with E-state index in [1.807, 2.05) is 6.07 Å². The van der Waals surface area contributed by atoms with E-state index in [4.69, 9.17) is 4.74 Å². The van der Waals surface area contributed by atoms with E-state index in [0.717, 1.165) is 25.1 Å². The highest BCUT2D eigenvalue weighted by molar-refractivity contribution is 7.09. The maximum Gasteiger partial charge on any atom is 0.119 e. The van der Waals surface area contributed by atoms with Gasteiger partial charge in [-0.15, -0.1) is 11.3 Å². The smallest absolute Gasteiger partial charge is 0.119 e. The minimum atomic E-state index is -0.339. The number of methoxy groups -OCH3 is 1. The molecule has 1 aromatic heterocycles. The first-order chi connectivity index (χ1) is 9.77. The van der Waals surface area contributed by atoms with E-state index in [-0.39, 0.29) is 12.1 Å². The summed E-state index contributed by atoms with van der Waals surface area (Å²) in [5, 5.41) is 15.6. The zero-order valence-corrected chi connectivity index (χ0v) is 12.4. The number of benzene rings is 1. The first-order valence-corrected chi connectivity index (χ1v) is 7.71. The second kappa shape index (κ2) is 5.56. The van der Waals surface area contributed by atoms with Crippen LogP contribution in [0.3, 0.4) is 0 Å². The first kappa shape index (κ1) is 13.6. The molecule has 4 heteroatoms. The molecule has 3 rings (SSSR count). The van der Waals surface area contributed by atoms with Gasteiger partial charge in [-0.2, -0.15) is 0 Å². The van der Waals surface area contributed by atoms with E-state index in [1.165, 1.54) is 16.0 Å². The van der Waals surface area contributed by atoms with Crippen molar-refractivity contribution in [2.75, 3.05) is 13.7 Å². The van der Waals surface area contributed by atoms with Crippen molar-refractivity contribution in [2.45, 2.75) is 24.9 Å². The highest BCUT2D eigenvalue weighted by atomic mass is 32.1. The van der Waals surface area contributed by atoms with Gasteiger partial charge in [0, 0.05) is 11.4 Å². The lowest BCUT2D eigenvalue weighted by atomic mass is 9.92. The van der Waals surface area contributed by atoms with E-state index in [0.29, 0.717) is 0 Å². The Bertz CT molecular complexity index is 582. The van der Waals surface area contributed by atoms with Crippen molar-refractivity contribution in [1.29, 1.82) is 0 Å². The van der Waals surface area contributed by atoms with Crippen LogP contribution < -0.4 is 10.1 Å². The van der Waals surface area contributed by atoms with Crippen LogP contribution in [0, 0.1) is 0 Å². The third-order valence-electron chi connectivity index (χ3n) is 4.10. The average molecular weight is 289 g/mol. The van der Waals surface area contributed by atoms with Gasteiger partial charge in [0.1, 0.15) is 5.75 Å². The van der Waals surface area contributed by atoms with Crippen LogP contribution in [0.25, 0.3) is 0 Å². The summed E-state index contributed by atoms with van der Waals surface area (Å²) in [6.45, 7) is 0.896. The van der Waals surface area contributed by atoms with Crippen molar-refractivity contribution in [1.82, 2.24) is 5.32 Å². The van der Waals surface area contributed by atoms with Crippen molar-refractivity contribution in [3.8, 4) is 5.75 Å². The number of nitrogens with one attached hydrogen (secondary N) is 1. The van der Waals surface area contributed by atoms with Crippen molar-refractivity contribution in [3.05, 3.63) is 51.7 Å². The van der Waals surface area contributed by atoms with Crippen molar-refractivity contribution in [3.63, 3.8) is 0 Å². The topological polar surface area (TPSA) is 41.5 Å². The summed E-state index contributed by atoms with van der Waals surface area (Å²) in [5.41, 5.74) is 2.14. The van der Waals surface area contributed by atoms with Crippen LogP contribution in [-0.4, -0.2) is 18.8 Å². The van der Waals surface area contributed by atoms with Crippen molar-refractivity contribution >= 4 is 11.3 Å². The molecule has 1 aromatic carbocycles. The van der Waals surface area contributed by atoms with Gasteiger partial charge in [0.25, 0.3) is 0 Å². The molecule has 0 radical (unpaired) electrons. The van der Waals surface area contributed by atoms with Crippen molar-refractivity contribution < 1.29 is 9.84 Å². The van der Waals surface area contributed by atoms with E-state index in [9.17, 15) is 5.11 Å². The summed E-state index contributed by atoms with van der Waals surface area (Å²) < 4.78 is 5.32. The number of hydrogen-bond acceptors (Lipinski definition) is 4. The quantitative estimate of drug-likeness (QED) is 0.889. The number of aliphatic hydroxyl groups is 1. The molecule has 1 atom stereocenters. The number of aliphatic hydroxyl groups excluding tert-OH is 1. The molecule has 1 unspecified atom stereocenters. The predicted octanol–water partition coefficient (Wildman–Crippen LogP) is 2.68. The lowest BCUT2D eigenvalue weighted by Gasteiger charge is -2.30. The van der Waals surface area contributed by atoms with Gasteiger partial charge in [0.2, 0.25) is 0 Å². The van der Waals surface area contributed by atoms with E-state index in [2.05, 4.69) is 35.0 Å². The van der Waals surface area contributed by atoms with Crippen molar-refractivity contribution in [2.24, 2.45) is 0 Å². The Morgan fingerprint density at radius 2 is 2.30 bits per heavy atom. The van der Waals surface area contributed by atoms with Crippen LogP contribution in [0.2, 0.25) is 0 Å². The number of ether oxygens (including phenoxy) is 1. The third kappa shape index (κ3) is 2.35. The molecule has 1 aliphatic carbocycles. The van der Waals surface area contributed by atoms with Crippen LogP contribution in [-0.2, 0) is 18.5 Å². The largest absolute Gasteiger partial charge is 0.497 e. The SMILES string of the molecule is COc1ccc2c(c1)C(CO)(NCc1cccs1)CC2. The first-order valence-electron chi connectivity index (χ1n) is 6.83. The molecule has 3 nitrogen and oxygen atoms in total. The minimum Gasteiger partial charge on any atom is -0.497 e. The Morgan fingerprint density at radius 1 is 1.40 bits per heavy atom. The highest BCUT2D eigenvalue weighted by Gasteiger charge is 2.38. The summed E-state index contributed by atoms with van der Waals surface area (Å²) in [4.78, 5) is 1.29. The average Bonchev–Trinajstić information content (AvgIpc) is 3.13. The highest BCUT2D eigenvalue weighted by Crippen LogP contribution is 2.39. The standard InChI is InChI=1S/C16H19NO2S/c1-19-13-5-4-12-6-7-16(11-18,15(12)9-13)17-10-14-3-2-8-20-14/h2-5,8-9,17-18H,6-7,10-11H2,1H3. The van der Waals surface area contributed by atoms with E-state index >= 15 is 0 Å². The normalized spacial score (nSPS) is 20.9. The molecule has 0 amide bonds. The molecule has 106 valence electrons. The monoisotopic (exact) mass is 289 g/mol. The molecule has 0 bridgehead atoms. The zero-order chi connectivity index (χ0) is 14.0. The lowest BCUT2D eigenvalue weighted by Crippen LogP contribution is -2.43. The molecule has 20 heavy (non-hydrogen) atoms. The molecule has 1 aliphatic rings. The van der Waals surface area contributed by atoms with Crippen LogP contribution in [0.15, 0.2) is 35.7 Å². The molecular weight excluding hydrogens is 270 g/mol.